The molecule has 118 valence electrons. The maximum Gasteiger partial charge on any atom is 0.168 e. The molecule has 1 saturated heterocycles. The van der Waals surface area contributed by atoms with E-state index in [0.29, 0.717) is 6.61 Å². The Morgan fingerprint density at radius 3 is 2.71 bits per heavy atom. The summed E-state index contributed by atoms with van der Waals surface area (Å²) in [5, 5.41) is 7.41. The molecule has 1 aliphatic heterocycles. The van der Waals surface area contributed by atoms with Crippen molar-refractivity contribution >= 4 is 0 Å². The Balaban J connectivity index is 1.45. The molecule has 0 unspecified atom stereocenters. The second-order valence-corrected chi connectivity index (χ2v) is 6.58. The molecule has 1 saturated carbocycles. The van der Waals surface area contributed by atoms with Crippen LogP contribution >= 0.6 is 0 Å². The number of aromatic nitrogens is 1. The summed E-state index contributed by atoms with van der Waals surface area (Å²) in [7, 11) is 0. The predicted molar refractivity (Wildman–Crippen MR) is 78.9 cm³/mol. The first-order valence-electron chi connectivity index (χ1n) is 8.02. The van der Waals surface area contributed by atoms with Crippen LogP contribution in [0, 0.1) is 19.8 Å². The fourth-order valence-electron chi connectivity index (χ4n) is 3.29. The van der Waals surface area contributed by atoms with Gasteiger partial charge in [0.2, 0.25) is 0 Å². The molecule has 1 aromatic rings. The van der Waals surface area contributed by atoms with Gasteiger partial charge in [-0.3, -0.25) is 0 Å². The normalized spacial score (nSPS) is 32.9. The van der Waals surface area contributed by atoms with E-state index in [1.165, 1.54) is 12.8 Å². The van der Waals surface area contributed by atoms with Crippen LogP contribution in [0.1, 0.15) is 49.6 Å². The highest BCUT2D eigenvalue weighted by Gasteiger charge is 2.43. The van der Waals surface area contributed by atoms with Crippen molar-refractivity contribution in [3.05, 3.63) is 17.0 Å². The fourth-order valence-corrected chi connectivity index (χ4v) is 3.29. The monoisotopic (exact) mass is 294 g/mol. The van der Waals surface area contributed by atoms with E-state index in [0.717, 1.165) is 48.9 Å². The third-order valence-electron chi connectivity index (χ3n) is 4.80. The van der Waals surface area contributed by atoms with Gasteiger partial charge in [0.15, 0.2) is 5.79 Å². The standard InChI is InChI=1S/C16H26N2O3/c1-11-4-6-16(7-5-11)19-10-14(20-16)8-17-9-15-12(2)18-21-13(15)3/h11,14,17H,4-10H2,1-3H3/t11?,14-,16?/m0/s1. The van der Waals surface area contributed by atoms with Gasteiger partial charge in [0, 0.05) is 31.5 Å². The number of aryl methyl sites for hydroxylation is 2. The maximum atomic E-state index is 6.19. The van der Waals surface area contributed by atoms with Gasteiger partial charge >= 0.3 is 0 Å². The first-order valence-corrected chi connectivity index (χ1v) is 8.02. The average molecular weight is 294 g/mol. The van der Waals surface area contributed by atoms with Crippen molar-refractivity contribution in [3.8, 4) is 0 Å². The number of ether oxygens (including phenoxy) is 2. The molecule has 1 aliphatic carbocycles. The summed E-state index contributed by atoms with van der Waals surface area (Å²) in [6.07, 6.45) is 4.64. The second kappa shape index (κ2) is 6.07. The zero-order valence-corrected chi connectivity index (χ0v) is 13.3. The van der Waals surface area contributed by atoms with Crippen LogP contribution < -0.4 is 5.32 Å². The minimum absolute atomic E-state index is 0.152. The summed E-state index contributed by atoms with van der Waals surface area (Å²) in [6.45, 7) is 8.51. The average Bonchev–Trinajstić information content (AvgIpc) is 3.01. The first-order chi connectivity index (χ1) is 10.1. The van der Waals surface area contributed by atoms with Crippen LogP contribution in [-0.4, -0.2) is 30.2 Å². The Morgan fingerprint density at radius 1 is 1.29 bits per heavy atom. The zero-order chi connectivity index (χ0) is 14.9. The minimum Gasteiger partial charge on any atom is -0.361 e. The van der Waals surface area contributed by atoms with Gasteiger partial charge in [0.1, 0.15) is 5.76 Å². The summed E-state index contributed by atoms with van der Waals surface area (Å²) in [6, 6.07) is 0. The molecular formula is C16H26N2O3. The van der Waals surface area contributed by atoms with E-state index in [4.69, 9.17) is 14.0 Å². The van der Waals surface area contributed by atoms with E-state index in [1.807, 2.05) is 13.8 Å². The Bertz CT molecular complexity index is 458. The van der Waals surface area contributed by atoms with Crippen LogP contribution in [0.5, 0.6) is 0 Å². The second-order valence-electron chi connectivity index (χ2n) is 6.58. The van der Waals surface area contributed by atoms with Gasteiger partial charge in [-0.1, -0.05) is 12.1 Å². The molecule has 1 aromatic heterocycles. The molecule has 3 rings (SSSR count). The number of hydrogen-bond acceptors (Lipinski definition) is 5. The molecule has 5 nitrogen and oxygen atoms in total. The Morgan fingerprint density at radius 2 is 2.05 bits per heavy atom. The SMILES string of the molecule is Cc1noc(C)c1CNC[C@H]1COC2(CCC(C)CC2)O1. The maximum absolute atomic E-state index is 6.19. The van der Waals surface area contributed by atoms with Crippen molar-refractivity contribution in [2.24, 2.45) is 5.92 Å². The van der Waals surface area contributed by atoms with E-state index in [9.17, 15) is 0 Å². The molecule has 2 fully saturated rings. The summed E-state index contributed by atoms with van der Waals surface area (Å²) in [5.74, 6) is 1.41. The molecule has 5 heteroatoms. The lowest BCUT2D eigenvalue weighted by Crippen LogP contribution is -2.37. The predicted octanol–water partition coefficient (Wildman–Crippen LogP) is 2.70. The molecule has 2 aliphatic rings. The lowest BCUT2D eigenvalue weighted by molar-refractivity contribution is -0.191. The van der Waals surface area contributed by atoms with Crippen molar-refractivity contribution in [1.82, 2.24) is 10.5 Å². The highest BCUT2D eigenvalue weighted by atomic mass is 16.7. The van der Waals surface area contributed by atoms with E-state index in [1.54, 1.807) is 0 Å². The van der Waals surface area contributed by atoms with Gasteiger partial charge in [-0.2, -0.15) is 0 Å². The topological polar surface area (TPSA) is 56.5 Å². The number of nitrogens with one attached hydrogen (secondary N) is 1. The molecule has 0 aromatic carbocycles. The number of hydrogen-bond donors (Lipinski definition) is 1. The van der Waals surface area contributed by atoms with Gasteiger partial charge in [-0.25, -0.2) is 0 Å². The largest absolute Gasteiger partial charge is 0.361 e. The molecule has 1 atom stereocenters. The van der Waals surface area contributed by atoms with Crippen LogP contribution in [0.4, 0.5) is 0 Å². The molecule has 0 radical (unpaired) electrons. The lowest BCUT2D eigenvalue weighted by Gasteiger charge is -2.34. The Kier molecular flexibility index (Phi) is 4.33. The lowest BCUT2D eigenvalue weighted by atomic mass is 9.86. The third kappa shape index (κ3) is 3.30. The van der Waals surface area contributed by atoms with Crippen molar-refractivity contribution in [2.75, 3.05) is 13.2 Å². The minimum atomic E-state index is -0.290. The van der Waals surface area contributed by atoms with Crippen LogP contribution in [0.3, 0.4) is 0 Å². The van der Waals surface area contributed by atoms with E-state index in [2.05, 4.69) is 17.4 Å². The van der Waals surface area contributed by atoms with E-state index < -0.39 is 0 Å². The van der Waals surface area contributed by atoms with Crippen molar-refractivity contribution in [3.63, 3.8) is 0 Å². The quantitative estimate of drug-likeness (QED) is 0.925. The molecule has 0 amide bonds. The van der Waals surface area contributed by atoms with Crippen LogP contribution in [-0.2, 0) is 16.0 Å². The van der Waals surface area contributed by atoms with Crippen LogP contribution in [0.25, 0.3) is 0 Å². The number of nitrogens with zero attached hydrogens (tertiary/aromatic N) is 1. The Hall–Kier alpha value is -0.910. The van der Waals surface area contributed by atoms with Gasteiger partial charge in [0.05, 0.1) is 18.4 Å². The third-order valence-corrected chi connectivity index (χ3v) is 4.80. The first kappa shape index (κ1) is 15.0. The summed E-state index contributed by atoms with van der Waals surface area (Å²) in [5.41, 5.74) is 2.11. The molecule has 1 spiro atoms. The molecular weight excluding hydrogens is 268 g/mol. The Labute approximate surface area is 126 Å². The van der Waals surface area contributed by atoms with Gasteiger partial charge in [-0.05, 0) is 32.6 Å². The van der Waals surface area contributed by atoms with Crippen LogP contribution in [0.2, 0.25) is 0 Å². The fraction of sp³-hybridized carbons (Fsp3) is 0.812. The van der Waals surface area contributed by atoms with Crippen molar-refractivity contribution in [1.29, 1.82) is 0 Å². The van der Waals surface area contributed by atoms with Gasteiger partial charge < -0.3 is 19.3 Å². The molecule has 21 heavy (non-hydrogen) atoms. The summed E-state index contributed by atoms with van der Waals surface area (Å²) in [4.78, 5) is 0. The zero-order valence-electron chi connectivity index (χ0n) is 13.3. The van der Waals surface area contributed by atoms with Gasteiger partial charge in [0.25, 0.3) is 0 Å². The van der Waals surface area contributed by atoms with Crippen LogP contribution in [0.15, 0.2) is 4.52 Å². The van der Waals surface area contributed by atoms with Crippen molar-refractivity contribution in [2.45, 2.75) is 64.9 Å². The van der Waals surface area contributed by atoms with E-state index >= 15 is 0 Å². The summed E-state index contributed by atoms with van der Waals surface area (Å²) < 4.78 is 17.4. The smallest absolute Gasteiger partial charge is 0.168 e. The molecule has 0 bridgehead atoms. The summed E-state index contributed by atoms with van der Waals surface area (Å²) >= 11 is 0. The van der Waals surface area contributed by atoms with Crippen molar-refractivity contribution < 1.29 is 14.0 Å². The molecule has 1 N–H and O–H groups in total. The highest BCUT2D eigenvalue weighted by Crippen LogP contribution is 2.39. The van der Waals surface area contributed by atoms with E-state index in [-0.39, 0.29) is 11.9 Å². The molecule has 2 heterocycles. The number of rotatable bonds is 4. The van der Waals surface area contributed by atoms with Gasteiger partial charge in [-0.15, -0.1) is 0 Å². The highest BCUT2D eigenvalue weighted by molar-refractivity contribution is 5.20.